The van der Waals surface area contributed by atoms with Gasteiger partial charge < -0.3 is 0 Å². The van der Waals surface area contributed by atoms with Crippen LogP contribution in [0.25, 0.3) is 78.0 Å². The molecule has 0 spiro atoms. The van der Waals surface area contributed by atoms with Crippen LogP contribution in [-0.4, -0.2) is 32.2 Å². The van der Waals surface area contributed by atoms with Gasteiger partial charge in [-0.15, -0.1) is 0 Å². The van der Waals surface area contributed by atoms with E-state index >= 15 is 0 Å². The molecule has 0 bridgehead atoms. The molecule has 71 heavy (non-hydrogen) atoms. The summed E-state index contributed by atoms with van der Waals surface area (Å²) in [7, 11) is -3.04. The largest absolute Gasteiger partial charge is 0.278 e. The number of aromatic nitrogens is 5. The van der Waals surface area contributed by atoms with Gasteiger partial charge in [-0.05, 0) is 78.1 Å². The van der Waals surface area contributed by atoms with Gasteiger partial charge in [0, 0.05) is 27.1 Å². The fraction of sp³-hybridized carbons (Fsp3) is 0.123. The maximum Gasteiger partial charge on any atom is 0.240 e. The van der Waals surface area contributed by atoms with Gasteiger partial charge in [0.05, 0.1) is 22.1 Å². The third kappa shape index (κ3) is 7.40. The number of nitrogens with zero attached hydrogens (tertiary/aromatic N) is 5. The SMILES string of the molecule is CC(C)(C)c1cc(C(C)(C)C)c2c(c1)c1ccccc1n2-c1nc(-c2cccc([Si](c3ccccc3)(c3ccccc3)c3cccc(-c4ccccc4)c3)c2)nc(-n2c3ccccc3c3ccccc32)n1. The van der Waals surface area contributed by atoms with Crippen molar-refractivity contribution in [1.82, 2.24) is 24.1 Å². The fourth-order valence-electron chi connectivity index (χ4n) is 11.0. The van der Waals surface area contributed by atoms with Crippen LogP contribution < -0.4 is 20.7 Å². The Kier molecular flexibility index (Phi) is 10.6. The number of fused-ring (bicyclic) bond motifs is 6. The molecule has 0 saturated heterocycles. The molecule has 9 aromatic carbocycles. The summed E-state index contributed by atoms with van der Waals surface area (Å²) < 4.78 is 4.54. The topological polar surface area (TPSA) is 48.5 Å². The van der Waals surface area contributed by atoms with E-state index in [-0.39, 0.29) is 10.8 Å². The van der Waals surface area contributed by atoms with Crippen molar-refractivity contribution >= 4 is 72.4 Å². The Hall–Kier alpha value is -8.19. The van der Waals surface area contributed by atoms with E-state index in [2.05, 4.69) is 275 Å². The van der Waals surface area contributed by atoms with Gasteiger partial charge in [0.1, 0.15) is 0 Å². The molecule has 6 heteroatoms. The Balaban J connectivity index is 1.18. The van der Waals surface area contributed by atoms with E-state index in [1.807, 2.05) is 0 Å². The van der Waals surface area contributed by atoms with Crippen LogP contribution in [0.5, 0.6) is 0 Å². The average Bonchev–Trinajstić information content (AvgIpc) is 3.92. The van der Waals surface area contributed by atoms with Crippen molar-refractivity contribution in [2.75, 3.05) is 0 Å². The van der Waals surface area contributed by atoms with Crippen LogP contribution in [0.1, 0.15) is 52.7 Å². The molecular weight excluding hydrogens is 879 g/mol. The molecule has 0 radical (unpaired) electrons. The Morgan fingerprint density at radius 2 is 0.761 bits per heavy atom. The van der Waals surface area contributed by atoms with Crippen molar-refractivity contribution in [1.29, 1.82) is 0 Å². The van der Waals surface area contributed by atoms with Gasteiger partial charge in [0.15, 0.2) is 13.9 Å². The van der Waals surface area contributed by atoms with Crippen molar-refractivity contribution in [3.63, 3.8) is 0 Å². The molecule has 12 aromatic rings. The van der Waals surface area contributed by atoms with Gasteiger partial charge in [-0.3, -0.25) is 9.13 Å². The maximum atomic E-state index is 5.65. The van der Waals surface area contributed by atoms with E-state index in [0.717, 1.165) is 38.4 Å². The molecule has 0 saturated carbocycles. The molecule has 0 unspecified atom stereocenters. The average molecular weight is 934 g/mol. The highest BCUT2D eigenvalue weighted by atomic mass is 28.3. The second kappa shape index (κ2) is 17.0. The Bertz CT molecular complexity index is 3860. The number of hydrogen-bond donors (Lipinski definition) is 0. The van der Waals surface area contributed by atoms with Gasteiger partial charge in [-0.25, -0.2) is 0 Å². The van der Waals surface area contributed by atoms with Gasteiger partial charge in [0.25, 0.3) is 0 Å². The van der Waals surface area contributed by atoms with E-state index in [0.29, 0.717) is 17.7 Å². The molecular formula is C65H55N5Si. The fourth-order valence-corrected chi connectivity index (χ4v) is 15.8. The number of benzene rings is 9. The first-order valence-corrected chi connectivity index (χ1v) is 26.7. The summed E-state index contributed by atoms with van der Waals surface area (Å²) in [6, 6.07) is 82.0. The maximum absolute atomic E-state index is 5.65. The lowest BCUT2D eigenvalue weighted by atomic mass is 9.79. The minimum absolute atomic E-state index is 0.0622. The second-order valence-corrected chi connectivity index (χ2v) is 24.7. The molecule has 3 heterocycles. The Morgan fingerprint density at radius 1 is 0.338 bits per heavy atom. The lowest BCUT2D eigenvalue weighted by Gasteiger charge is -2.35. The monoisotopic (exact) mass is 933 g/mol. The lowest BCUT2D eigenvalue weighted by Crippen LogP contribution is -2.74. The smallest absolute Gasteiger partial charge is 0.240 e. The van der Waals surface area contributed by atoms with Gasteiger partial charge in [0.2, 0.25) is 11.9 Å². The summed E-state index contributed by atoms with van der Waals surface area (Å²) in [6.45, 7) is 13.9. The quantitative estimate of drug-likeness (QED) is 0.113. The number of hydrogen-bond acceptors (Lipinski definition) is 3. The third-order valence-corrected chi connectivity index (χ3v) is 19.2. The van der Waals surface area contributed by atoms with Crippen LogP contribution >= 0.6 is 0 Å². The standard InChI is InChI=1S/C65H55N5Si/c1-64(2,3)47-42-55-54-36-18-21-39-59(54)70(60(55)56(43-47)65(4,5)6)63-67-61(66-62(68-63)69-57-37-19-16-34-52(57)53-35-17-20-38-58(53)69)46-27-23-33-51(41-46)71(48-28-12-8-13-29-48,49-30-14-9-15-31-49)50-32-22-26-45(40-50)44-24-10-7-11-25-44/h7-43H,1-6H3. The predicted octanol–water partition coefficient (Wildman–Crippen LogP) is 13.4. The summed E-state index contributed by atoms with van der Waals surface area (Å²) in [4.78, 5) is 16.8. The van der Waals surface area contributed by atoms with Gasteiger partial charge in [-0.1, -0.05) is 242 Å². The summed E-state index contributed by atoms with van der Waals surface area (Å²) >= 11 is 0. The summed E-state index contributed by atoms with van der Waals surface area (Å²) in [5.41, 5.74) is 9.83. The molecule has 0 N–H and O–H groups in total. The predicted molar refractivity (Wildman–Crippen MR) is 300 cm³/mol. The summed E-state index contributed by atoms with van der Waals surface area (Å²) in [6.07, 6.45) is 0. The molecule has 0 atom stereocenters. The third-order valence-electron chi connectivity index (χ3n) is 14.4. The second-order valence-electron chi connectivity index (χ2n) is 20.9. The highest BCUT2D eigenvalue weighted by Gasteiger charge is 2.42. The van der Waals surface area contributed by atoms with E-state index in [1.54, 1.807) is 0 Å². The first-order valence-electron chi connectivity index (χ1n) is 24.7. The lowest BCUT2D eigenvalue weighted by molar-refractivity contribution is 0.572. The van der Waals surface area contributed by atoms with Crippen molar-refractivity contribution < 1.29 is 0 Å². The summed E-state index contributed by atoms with van der Waals surface area (Å²) in [5, 5.41) is 9.78. The first kappa shape index (κ1) is 44.0. The van der Waals surface area contributed by atoms with E-state index in [4.69, 9.17) is 15.0 Å². The van der Waals surface area contributed by atoms with Crippen molar-refractivity contribution in [3.05, 3.63) is 236 Å². The van der Waals surface area contributed by atoms with Crippen LogP contribution in [0.3, 0.4) is 0 Å². The van der Waals surface area contributed by atoms with Crippen molar-refractivity contribution in [3.8, 4) is 34.4 Å². The minimum atomic E-state index is -3.04. The van der Waals surface area contributed by atoms with Crippen molar-refractivity contribution in [2.45, 2.75) is 52.4 Å². The van der Waals surface area contributed by atoms with Crippen LogP contribution in [0.15, 0.2) is 224 Å². The molecule has 5 nitrogen and oxygen atoms in total. The first-order chi connectivity index (χ1) is 34.5. The number of para-hydroxylation sites is 3. The molecule has 12 rings (SSSR count). The van der Waals surface area contributed by atoms with E-state index < -0.39 is 8.07 Å². The molecule has 0 aliphatic rings. The Morgan fingerprint density at radius 3 is 1.30 bits per heavy atom. The molecule has 0 aliphatic carbocycles. The highest BCUT2D eigenvalue weighted by Crippen LogP contribution is 2.42. The van der Waals surface area contributed by atoms with Crippen LogP contribution in [0.4, 0.5) is 0 Å². The van der Waals surface area contributed by atoms with Crippen LogP contribution in [-0.2, 0) is 10.8 Å². The Labute approximate surface area is 416 Å². The normalized spacial score (nSPS) is 12.4. The van der Waals surface area contributed by atoms with Crippen LogP contribution in [0, 0.1) is 0 Å². The zero-order valence-corrected chi connectivity index (χ0v) is 42.1. The zero-order valence-electron chi connectivity index (χ0n) is 41.1. The highest BCUT2D eigenvalue weighted by molar-refractivity contribution is 7.20. The number of rotatable bonds is 8. The molecule has 0 amide bonds. The van der Waals surface area contributed by atoms with E-state index in [1.165, 1.54) is 53.8 Å². The molecule has 344 valence electrons. The van der Waals surface area contributed by atoms with Gasteiger partial charge in [-0.2, -0.15) is 15.0 Å². The molecule has 3 aromatic heterocycles. The molecule has 0 fully saturated rings. The van der Waals surface area contributed by atoms with Crippen LogP contribution in [0.2, 0.25) is 0 Å². The summed E-state index contributed by atoms with van der Waals surface area (Å²) in [5.74, 6) is 1.74. The van der Waals surface area contributed by atoms with Gasteiger partial charge >= 0.3 is 0 Å². The van der Waals surface area contributed by atoms with Crippen molar-refractivity contribution in [2.24, 2.45) is 0 Å². The van der Waals surface area contributed by atoms with E-state index in [9.17, 15) is 0 Å². The molecule has 0 aliphatic heterocycles. The zero-order chi connectivity index (χ0) is 48.5. The minimum Gasteiger partial charge on any atom is -0.278 e.